The van der Waals surface area contributed by atoms with Gasteiger partial charge in [0.15, 0.2) is 5.76 Å². The van der Waals surface area contributed by atoms with Crippen molar-refractivity contribution in [3.05, 3.63) is 36.4 Å². The van der Waals surface area contributed by atoms with E-state index in [1.165, 1.54) is 0 Å². The Kier molecular flexibility index (Phi) is 2.37. The van der Waals surface area contributed by atoms with Gasteiger partial charge in [-0.2, -0.15) is 5.10 Å². The molecule has 0 spiro atoms. The van der Waals surface area contributed by atoms with Gasteiger partial charge < -0.3 is 4.42 Å². The number of aryl methyl sites for hydroxylation is 1. The molecule has 17 heavy (non-hydrogen) atoms. The third-order valence-electron chi connectivity index (χ3n) is 2.66. The van der Waals surface area contributed by atoms with E-state index in [4.69, 9.17) is 16.0 Å². The molecule has 0 atom stereocenters. The second-order valence-electron chi connectivity index (χ2n) is 3.74. The van der Waals surface area contributed by atoms with Gasteiger partial charge >= 0.3 is 0 Å². The molecule has 0 aliphatic carbocycles. The highest BCUT2D eigenvalue weighted by molar-refractivity contribution is 6.16. The molecule has 1 aromatic carbocycles. The summed E-state index contributed by atoms with van der Waals surface area (Å²) < 4.78 is 7.35. The minimum atomic E-state index is 0.269. The number of benzene rings is 1. The van der Waals surface area contributed by atoms with Crippen molar-refractivity contribution in [2.24, 2.45) is 7.05 Å². The number of oxazole rings is 1. The van der Waals surface area contributed by atoms with Gasteiger partial charge in [0.25, 0.3) is 0 Å². The maximum Gasteiger partial charge on any atom is 0.209 e. The Morgan fingerprint density at radius 1 is 1.35 bits per heavy atom. The largest absolute Gasteiger partial charge is 0.438 e. The minimum Gasteiger partial charge on any atom is -0.438 e. The van der Waals surface area contributed by atoms with Crippen molar-refractivity contribution < 1.29 is 4.42 Å². The van der Waals surface area contributed by atoms with E-state index < -0.39 is 0 Å². The summed E-state index contributed by atoms with van der Waals surface area (Å²) in [4.78, 5) is 4.08. The van der Waals surface area contributed by atoms with Crippen molar-refractivity contribution in [3.63, 3.8) is 0 Å². The molecule has 0 amide bonds. The SMILES string of the molecule is Cn1nc(-c2cnc(CCl)o2)c2ccccc21. The van der Waals surface area contributed by atoms with Gasteiger partial charge in [-0.25, -0.2) is 4.98 Å². The standard InChI is InChI=1S/C12H10ClN3O/c1-16-9-5-3-2-4-8(9)12(15-16)10-7-14-11(6-13)17-10/h2-5,7H,6H2,1H3. The number of para-hydroxylation sites is 1. The van der Waals surface area contributed by atoms with Gasteiger partial charge in [-0.3, -0.25) is 4.68 Å². The van der Waals surface area contributed by atoms with Gasteiger partial charge in [0.2, 0.25) is 5.89 Å². The molecular weight excluding hydrogens is 238 g/mol. The molecule has 2 aromatic heterocycles. The molecule has 0 aliphatic heterocycles. The van der Waals surface area contributed by atoms with Crippen LogP contribution in [-0.2, 0) is 12.9 Å². The number of hydrogen-bond acceptors (Lipinski definition) is 3. The maximum atomic E-state index is 5.67. The summed E-state index contributed by atoms with van der Waals surface area (Å²) >= 11 is 5.67. The van der Waals surface area contributed by atoms with E-state index in [1.807, 2.05) is 36.0 Å². The molecule has 0 radical (unpaired) electrons. The lowest BCUT2D eigenvalue weighted by Crippen LogP contribution is -1.88. The zero-order valence-electron chi connectivity index (χ0n) is 9.22. The third kappa shape index (κ3) is 1.61. The van der Waals surface area contributed by atoms with Crippen LogP contribution in [0.3, 0.4) is 0 Å². The molecule has 3 rings (SSSR count). The highest BCUT2D eigenvalue weighted by Gasteiger charge is 2.14. The average molecular weight is 248 g/mol. The molecule has 0 saturated heterocycles. The molecule has 5 heteroatoms. The molecule has 3 aromatic rings. The van der Waals surface area contributed by atoms with Crippen molar-refractivity contribution >= 4 is 22.5 Å². The van der Waals surface area contributed by atoms with E-state index in [9.17, 15) is 0 Å². The zero-order valence-corrected chi connectivity index (χ0v) is 9.98. The summed E-state index contributed by atoms with van der Waals surface area (Å²) in [7, 11) is 1.91. The molecule has 2 heterocycles. The number of fused-ring (bicyclic) bond motifs is 1. The van der Waals surface area contributed by atoms with Crippen LogP contribution in [0.15, 0.2) is 34.9 Å². The summed E-state index contributed by atoms with van der Waals surface area (Å²) in [6.45, 7) is 0. The van der Waals surface area contributed by atoms with Crippen molar-refractivity contribution in [2.45, 2.75) is 5.88 Å². The van der Waals surface area contributed by atoms with Crippen LogP contribution in [0.1, 0.15) is 5.89 Å². The Balaban J connectivity index is 2.23. The van der Waals surface area contributed by atoms with Gasteiger partial charge in [0.1, 0.15) is 5.69 Å². The Morgan fingerprint density at radius 3 is 2.94 bits per heavy atom. The molecule has 0 saturated carbocycles. The zero-order chi connectivity index (χ0) is 11.8. The van der Waals surface area contributed by atoms with Gasteiger partial charge in [-0.05, 0) is 6.07 Å². The number of rotatable bonds is 2. The summed E-state index contributed by atoms with van der Waals surface area (Å²) in [5.74, 6) is 1.43. The molecular formula is C12H10ClN3O. The lowest BCUT2D eigenvalue weighted by Gasteiger charge is -1.91. The van der Waals surface area contributed by atoms with Crippen LogP contribution in [0, 0.1) is 0 Å². The van der Waals surface area contributed by atoms with Crippen LogP contribution in [0.5, 0.6) is 0 Å². The predicted molar refractivity (Wildman–Crippen MR) is 65.8 cm³/mol. The minimum absolute atomic E-state index is 0.269. The Hall–Kier alpha value is -1.81. The summed E-state index contributed by atoms with van der Waals surface area (Å²) in [6.07, 6.45) is 1.66. The van der Waals surface area contributed by atoms with Gasteiger partial charge in [-0.1, -0.05) is 18.2 Å². The highest BCUT2D eigenvalue weighted by Crippen LogP contribution is 2.27. The normalized spacial score (nSPS) is 11.2. The number of alkyl halides is 1. The molecule has 86 valence electrons. The molecule has 4 nitrogen and oxygen atoms in total. The third-order valence-corrected chi connectivity index (χ3v) is 2.89. The second kappa shape index (κ2) is 3.89. The first-order valence-corrected chi connectivity index (χ1v) is 5.76. The quantitative estimate of drug-likeness (QED) is 0.654. The Bertz CT molecular complexity index is 671. The lowest BCUT2D eigenvalue weighted by atomic mass is 10.2. The van der Waals surface area contributed by atoms with Gasteiger partial charge in [0, 0.05) is 12.4 Å². The summed E-state index contributed by atoms with van der Waals surface area (Å²) in [6, 6.07) is 8.00. The fourth-order valence-corrected chi connectivity index (χ4v) is 2.00. The summed E-state index contributed by atoms with van der Waals surface area (Å²) in [5, 5.41) is 5.50. The first-order valence-electron chi connectivity index (χ1n) is 5.22. The lowest BCUT2D eigenvalue weighted by molar-refractivity contribution is 0.526. The van der Waals surface area contributed by atoms with Crippen molar-refractivity contribution in [2.75, 3.05) is 0 Å². The van der Waals surface area contributed by atoms with Gasteiger partial charge in [0.05, 0.1) is 17.6 Å². The Morgan fingerprint density at radius 2 is 2.18 bits per heavy atom. The highest BCUT2D eigenvalue weighted by atomic mass is 35.5. The molecule has 0 bridgehead atoms. The summed E-state index contributed by atoms with van der Waals surface area (Å²) in [5.41, 5.74) is 1.86. The van der Waals surface area contributed by atoms with Crippen LogP contribution in [0.2, 0.25) is 0 Å². The maximum absolute atomic E-state index is 5.67. The molecule has 0 N–H and O–H groups in total. The first kappa shape index (κ1) is 10.4. The van der Waals surface area contributed by atoms with E-state index in [-0.39, 0.29) is 5.88 Å². The topological polar surface area (TPSA) is 43.9 Å². The van der Waals surface area contributed by atoms with E-state index in [0.29, 0.717) is 11.7 Å². The van der Waals surface area contributed by atoms with Crippen LogP contribution in [-0.4, -0.2) is 14.8 Å². The fourth-order valence-electron chi connectivity index (χ4n) is 1.88. The second-order valence-corrected chi connectivity index (χ2v) is 4.01. The molecule has 0 aliphatic rings. The number of aromatic nitrogens is 3. The number of nitrogens with zero attached hydrogens (tertiary/aromatic N) is 3. The Labute approximate surface area is 103 Å². The van der Waals surface area contributed by atoms with E-state index >= 15 is 0 Å². The molecule has 0 unspecified atom stereocenters. The van der Waals surface area contributed by atoms with Crippen molar-refractivity contribution in [3.8, 4) is 11.5 Å². The van der Waals surface area contributed by atoms with Crippen molar-refractivity contribution in [1.82, 2.24) is 14.8 Å². The van der Waals surface area contributed by atoms with Gasteiger partial charge in [-0.15, -0.1) is 11.6 Å². The van der Waals surface area contributed by atoms with E-state index in [0.717, 1.165) is 16.6 Å². The number of hydrogen-bond donors (Lipinski definition) is 0. The van der Waals surface area contributed by atoms with Crippen LogP contribution in [0.25, 0.3) is 22.4 Å². The monoisotopic (exact) mass is 247 g/mol. The molecule has 0 fully saturated rings. The van der Waals surface area contributed by atoms with E-state index in [1.54, 1.807) is 6.20 Å². The predicted octanol–water partition coefficient (Wildman–Crippen LogP) is 2.97. The average Bonchev–Trinajstić information content (AvgIpc) is 2.95. The van der Waals surface area contributed by atoms with Crippen LogP contribution >= 0.6 is 11.6 Å². The number of halogens is 1. The smallest absolute Gasteiger partial charge is 0.209 e. The van der Waals surface area contributed by atoms with Crippen LogP contribution in [0.4, 0.5) is 0 Å². The van der Waals surface area contributed by atoms with Crippen LogP contribution < -0.4 is 0 Å². The van der Waals surface area contributed by atoms with E-state index in [2.05, 4.69) is 10.1 Å². The fraction of sp³-hybridized carbons (Fsp3) is 0.167. The first-order chi connectivity index (χ1) is 8.29. The van der Waals surface area contributed by atoms with Crippen molar-refractivity contribution in [1.29, 1.82) is 0 Å².